The summed E-state index contributed by atoms with van der Waals surface area (Å²) in [6, 6.07) is 0. The molecule has 0 spiro atoms. The molecule has 0 saturated heterocycles. The Morgan fingerprint density at radius 2 is 2.00 bits per heavy atom. The van der Waals surface area contributed by atoms with Crippen LogP contribution in [0.15, 0.2) is 9.59 Å². The molecule has 0 radical (unpaired) electrons. The van der Waals surface area contributed by atoms with Gasteiger partial charge in [0.05, 0.1) is 0 Å². The first-order valence-corrected chi connectivity index (χ1v) is 4.95. The van der Waals surface area contributed by atoms with Crippen molar-refractivity contribution in [3.05, 3.63) is 31.6 Å². The maximum Gasteiger partial charge on any atom is 0.329 e. The van der Waals surface area contributed by atoms with E-state index in [0.29, 0.717) is 18.7 Å². The molecule has 1 rings (SSSR count). The number of aromatic amines is 1. The quantitative estimate of drug-likeness (QED) is 0.749. The molecule has 6 heteroatoms. The highest BCUT2D eigenvalue weighted by Crippen LogP contribution is 2.02. The molecule has 1 aromatic rings. The summed E-state index contributed by atoms with van der Waals surface area (Å²) in [5.74, 6) is 0. The molecule has 0 unspecified atom stereocenters. The molecule has 0 aliphatic rings. The van der Waals surface area contributed by atoms with E-state index in [9.17, 15) is 9.59 Å². The number of halogens is 1. The van der Waals surface area contributed by atoms with Gasteiger partial charge < -0.3 is 4.90 Å². The molecule has 0 aliphatic carbocycles. The van der Waals surface area contributed by atoms with Crippen LogP contribution < -0.4 is 11.2 Å². The second kappa shape index (κ2) is 4.63. The molecule has 1 N–H and O–H groups in total. The molecule has 1 aromatic heterocycles. The number of hydrogen-bond donors (Lipinski definition) is 1. The molecular formula is C9H14ClN3O2. The van der Waals surface area contributed by atoms with E-state index in [1.54, 1.807) is 6.92 Å². The molecule has 0 amide bonds. The van der Waals surface area contributed by atoms with Crippen molar-refractivity contribution < 1.29 is 0 Å². The smallest absolute Gasteiger partial charge is 0.308 e. The lowest BCUT2D eigenvalue weighted by Gasteiger charge is -2.11. The van der Waals surface area contributed by atoms with Crippen molar-refractivity contribution in [2.24, 2.45) is 0 Å². The van der Waals surface area contributed by atoms with Gasteiger partial charge in [0.25, 0.3) is 5.56 Å². The third-order valence-electron chi connectivity index (χ3n) is 2.13. The van der Waals surface area contributed by atoms with E-state index >= 15 is 0 Å². The van der Waals surface area contributed by atoms with Crippen molar-refractivity contribution in [2.75, 3.05) is 20.6 Å². The lowest BCUT2D eigenvalue weighted by atomic mass is 10.4. The monoisotopic (exact) mass is 231 g/mol. The Labute approximate surface area is 92.3 Å². The number of H-pyrrole nitrogens is 1. The molecule has 84 valence electrons. The molecule has 5 nitrogen and oxygen atoms in total. The van der Waals surface area contributed by atoms with Crippen LogP contribution in [0.5, 0.6) is 0 Å². The first kappa shape index (κ1) is 12.0. The highest BCUT2D eigenvalue weighted by Gasteiger charge is 2.08. The molecule has 0 aromatic carbocycles. The first-order chi connectivity index (χ1) is 6.93. The van der Waals surface area contributed by atoms with Gasteiger partial charge in [-0.1, -0.05) is 11.6 Å². The van der Waals surface area contributed by atoms with Crippen LogP contribution in [-0.2, 0) is 6.54 Å². The molecule has 0 saturated carbocycles. The van der Waals surface area contributed by atoms with E-state index in [1.165, 1.54) is 0 Å². The van der Waals surface area contributed by atoms with E-state index in [4.69, 9.17) is 11.6 Å². The Morgan fingerprint density at radius 3 is 2.53 bits per heavy atom. The predicted octanol–water partition coefficient (Wildman–Crippen LogP) is 0.0600. The van der Waals surface area contributed by atoms with Crippen molar-refractivity contribution >= 4 is 11.6 Å². The fourth-order valence-corrected chi connectivity index (χ4v) is 1.31. The van der Waals surface area contributed by atoms with Crippen LogP contribution in [0, 0.1) is 6.92 Å². The second-order valence-electron chi connectivity index (χ2n) is 3.63. The van der Waals surface area contributed by atoms with Gasteiger partial charge in [0.1, 0.15) is 5.15 Å². The largest absolute Gasteiger partial charge is 0.329 e. The second-order valence-corrected chi connectivity index (χ2v) is 4.01. The van der Waals surface area contributed by atoms with Crippen LogP contribution in [0.25, 0.3) is 0 Å². The number of nitrogens with zero attached hydrogens (tertiary/aromatic N) is 2. The molecule has 0 fully saturated rings. The van der Waals surface area contributed by atoms with Crippen LogP contribution in [0.4, 0.5) is 0 Å². The zero-order valence-electron chi connectivity index (χ0n) is 9.00. The zero-order chi connectivity index (χ0) is 11.6. The summed E-state index contributed by atoms with van der Waals surface area (Å²) >= 11 is 5.67. The lowest BCUT2D eigenvalue weighted by molar-refractivity contribution is 0.376. The SMILES string of the molecule is Cc1c(Cl)[nH]c(=O)n(CCN(C)C)c1=O. The maximum absolute atomic E-state index is 11.7. The fraction of sp³-hybridized carbons (Fsp3) is 0.556. The summed E-state index contributed by atoms with van der Waals surface area (Å²) in [6.45, 7) is 2.58. The fourth-order valence-electron chi connectivity index (χ4n) is 1.15. The number of rotatable bonds is 3. The number of likely N-dealkylation sites (N-methyl/N-ethyl adjacent to an activating group) is 1. The summed E-state index contributed by atoms with van der Waals surface area (Å²) in [5.41, 5.74) is -0.418. The van der Waals surface area contributed by atoms with Crippen LogP contribution in [0.1, 0.15) is 5.56 Å². The summed E-state index contributed by atoms with van der Waals surface area (Å²) in [7, 11) is 3.75. The van der Waals surface area contributed by atoms with Crippen LogP contribution in [-0.4, -0.2) is 35.1 Å². The third-order valence-corrected chi connectivity index (χ3v) is 2.51. The van der Waals surface area contributed by atoms with Crippen LogP contribution >= 0.6 is 11.6 Å². The minimum absolute atomic E-state index is 0.117. The van der Waals surface area contributed by atoms with Gasteiger partial charge in [0, 0.05) is 18.7 Å². The molecule has 1 heterocycles. The van der Waals surface area contributed by atoms with Gasteiger partial charge in [-0.2, -0.15) is 0 Å². The van der Waals surface area contributed by atoms with Crippen molar-refractivity contribution in [1.29, 1.82) is 0 Å². The summed E-state index contributed by atoms with van der Waals surface area (Å²) in [5, 5.41) is 0.117. The van der Waals surface area contributed by atoms with E-state index < -0.39 is 5.69 Å². The van der Waals surface area contributed by atoms with Gasteiger partial charge in [0.2, 0.25) is 0 Å². The number of aromatic nitrogens is 2. The topological polar surface area (TPSA) is 58.1 Å². The Morgan fingerprint density at radius 1 is 1.40 bits per heavy atom. The zero-order valence-corrected chi connectivity index (χ0v) is 9.76. The van der Waals surface area contributed by atoms with Gasteiger partial charge in [-0.3, -0.25) is 14.3 Å². The summed E-state index contributed by atoms with van der Waals surface area (Å²) in [6.07, 6.45) is 0. The minimum atomic E-state index is -0.461. The van der Waals surface area contributed by atoms with E-state index in [2.05, 4.69) is 4.98 Å². The molecule has 0 atom stereocenters. The lowest BCUT2D eigenvalue weighted by Crippen LogP contribution is -2.39. The van der Waals surface area contributed by atoms with Crippen molar-refractivity contribution in [3.63, 3.8) is 0 Å². The van der Waals surface area contributed by atoms with Gasteiger partial charge in [-0.15, -0.1) is 0 Å². The Kier molecular flexibility index (Phi) is 3.71. The Bertz CT molecular complexity index is 461. The molecular weight excluding hydrogens is 218 g/mol. The van der Waals surface area contributed by atoms with E-state index in [0.717, 1.165) is 4.57 Å². The van der Waals surface area contributed by atoms with Crippen molar-refractivity contribution in [3.8, 4) is 0 Å². The maximum atomic E-state index is 11.7. The predicted molar refractivity (Wildman–Crippen MR) is 59.6 cm³/mol. The summed E-state index contributed by atoms with van der Waals surface area (Å²) < 4.78 is 1.15. The van der Waals surface area contributed by atoms with Crippen molar-refractivity contribution in [1.82, 2.24) is 14.5 Å². The molecule has 0 bridgehead atoms. The van der Waals surface area contributed by atoms with Crippen molar-refractivity contribution in [2.45, 2.75) is 13.5 Å². The average molecular weight is 232 g/mol. The standard InChI is InChI=1S/C9H14ClN3O2/c1-6-7(10)11-9(15)13(8(6)14)5-4-12(2)3/h4-5H2,1-3H3,(H,11,15). The highest BCUT2D eigenvalue weighted by atomic mass is 35.5. The van der Waals surface area contributed by atoms with Gasteiger partial charge >= 0.3 is 5.69 Å². The van der Waals surface area contributed by atoms with Gasteiger partial charge in [-0.25, -0.2) is 4.79 Å². The van der Waals surface area contributed by atoms with Crippen LogP contribution in [0.3, 0.4) is 0 Å². The van der Waals surface area contributed by atoms with Crippen LogP contribution in [0.2, 0.25) is 5.15 Å². The highest BCUT2D eigenvalue weighted by molar-refractivity contribution is 6.30. The summed E-state index contributed by atoms with van der Waals surface area (Å²) in [4.78, 5) is 27.4. The average Bonchev–Trinajstić information content (AvgIpc) is 2.14. The minimum Gasteiger partial charge on any atom is -0.308 e. The normalized spacial score (nSPS) is 11.0. The Hall–Kier alpha value is -1.07. The molecule has 15 heavy (non-hydrogen) atoms. The first-order valence-electron chi connectivity index (χ1n) is 4.57. The third kappa shape index (κ3) is 2.70. The number of hydrogen-bond acceptors (Lipinski definition) is 3. The molecule has 0 aliphatic heterocycles. The van der Waals surface area contributed by atoms with E-state index in [1.807, 2.05) is 19.0 Å². The van der Waals surface area contributed by atoms with Gasteiger partial charge in [-0.05, 0) is 21.0 Å². The van der Waals surface area contributed by atoms with E-state index in [-0.39, 0.29) is 10.7 Å². The Balaban J connectivity index is 3.14. The van der Waals surface area contributed by atoms with Gasteiger partial charge in [0.15, 0.2) is 0 Å². The number of nitrogens with one attached hydrogen (secondary N) is 1.